The van der Waals surface area contributed by atoms with Gasteiger partial charge in [0, 0.05) is 19.1 Å². The standard InChI is InChI=1S/C15H22N2O2/c16-14(7-6-12-4-2-1-3-5-12)15(18)17-10-13-8-9-19-11-13/h1-5,13-14H,6-11,16H2,(H,17,18). The summed E-state index contributed by atoms with van der Waals surface area (Å²) in [4.78, 5) is 11.8. The normalized spacial score (nSPS) is 20.2. The first kappa shape index (κ1) is 14.0. The Morgan fingerprint density at radius 2 is 2.21 bits per heavy atom. The number of amides is 1. The van der Waals surface area contributed by atoms with Crippen LogP contribution in [0, 0.1) is 5.92 Å². The van der Waals surface area contributed by atoms with E-state index in [2.05, 4.69) is 17.4 Å². The maximum atomic E-state index is 11.8. The predicted octanol–water partition coefficient (Wildman–Crippen LogP) is 1.10. The van der Waals surface area contributed by atoms with Crippen LogP contribution in [0.5, 0.6) is 0 Å². The van der Waals surface area contributed by atoms with Crippen LogP contribution in [0.25, 0.3) is 0 Å². The van der Waals surface area contributed by atoms with Crippen LogP contribution >= 0.6 is 0 Å². The van der Waals surface area contributed by atoms with Crippen LogP contribution in [0.2, 0.25) is 0 Å². The fraction of sp³-hybridized carbons (Fsp3) is 0.533. The molecular weight excluding hydrogens is 240 g/mol. The van der Waals surface area contributed by atoms with Gasteiger partial charge in [-0.25, -0.2) is 0 Å². The lowest BCUT2D eigenvalue weighted by molar-refractivity contribution is -0.122. The molecule has 1 aliphatic heterocycles. The molecular formula is C15H22N2O2. The average molecular weight is 262 g/mol. The smallest absolute Gasteiger partial charge is 0.236 e. The van der Waals surface area contributed by atoms with E-state index in [4.69, 9.17) is 10.5 Å². The van der Waals surface area contributed by atoms with E-state index < -0.39 is 6.04 Å². The van der Waals surface area contributed by atoms with Gasteiger partial charge in [0.05, 0.1) is 12.6 Å². The summed E-state index contributed by atoms with van der Waals surface area (Å²) >= 11 is 0. The second-order valence-corrected chi connectivity index (χ2v) is 5.11. The van der Waals surface area contributed by atoms with Crippen LogP contribution in [0.15, 0.2) is 30.3 Å². The molecule has 2 atom stereocenters. The molecule has 1 aliphatic rings. The Morgan fingerprint density at radius 3 is 2.89 bits per heavy atom. The summed E-state index contributed by atoms with van der Waals surface area (Å²) in [7, 11) is 0. The van der Waals surface area contributed by atoms with E-state index in [1.165, 1.54) is 5.56 Å². The molecule has 0 bridgehead atoms. The Balaban J connectivity index is 1.67. The quantitative estimate of drug-likeness (QED) is 0.807. The summed E-state index contributed by atoms with van der Waals surface area (Å²) in [6.45, 7) is 2.23. The lowest BCUT2D eigenvalue weighted by atomic mass is 10.0. The van der Waals surface area contributed by atoms with Gasteiger partial charge in [-0.3, -0.25) is 4.79 Å². The molecule has 1 aromatic carbocycles. The Labute approximate surface area is 114 Å². The molecule has 1 heterocycles. The molecule has 0 aromatic heterocycles. The van der Waals surface area contributed by atoms with Crippen LogP contribution in [0.1, 0.15) is 18.4 Å². The number of nitrogens with two attached hydrogens (primary N) is 1. The zero-order valence-corrected chi connectivity index (χ0v) is 11.2. The van der Waals surface area contributed by atoms with Crippen molar-refractivity contribution in [2.24, 2.45) is 11.7 Å². The minimum atomic E-state index is -0.428. The number of carbonyl (C=O) groups is 1. The van der Waals surface area contributed by atoms with E-state index in [1.807, 2.05) is 18.2 Å². The molecule has 2 rings (SSSR count). The first-order valence-corrected chi connectivity index (χ1v) is 6.90. The average Bonchev–Trinajstić information content (AvgIpc) is 2.96. The highest BCUT2D eigenvalue weighted by molar-refractivity contribution is 5.81. The summed E-state index contributed by atoms with van der Waals surface area (Å²) in [5.74, 6) is 0.396. The molecule has 4 nitrogen and oxygen atoms in total. The van der Waals surface area contributed by atoms with Crippen molar-refractivity contribution in [2.75, 3.05) is 19.8 Å². The van der Waals surface area contributed by atoms with Gasteiger partial charge in [-0.15, -0.1) is 0 Å². The maximum absolute atomic E-state index is 11.8. The van der Waals surface area contributed by atoms with Gasteiger partial charge in [0.2, 0.25) is 5.91 Å². The Kier molecular flexibility index (Phi) is 5.36. The number of hydrogen-bond acceptors (Lipinski definition) is 3. The monoisotopic (exact) mass is 262 g/mol. The molecule has 0 radical (unpaired) electrons. The minimum Gasteiger partial charge on any atom is -0.381 e. The Bertz CT molecular complexity index is 388. The summed E-state index contributed by atoms with van der Waals surface area (Å²) in [5, 5.41) is 2.92. The summed E-state index contributed by atoms with van der Waals surface area (Å²) in [6.07, 6.45) is 2.54. The van der Waals surface area contributed by atoms with Gasteiger partial charge in [-0.05, 0) is 24.8 Å². The molecule has 2 unspecified atom stereocenters. The molecule has 0 spiro atoms. The SMILES string of the molecule is NC(CCc1ccccc1)C(=O)NCC1CCOC1. The van der Waals surface area contributed by atoms with Crippen molar-refractivity contribution in [3.05, 3.63) is 35.9 Å². The molecule has 104 valence electrons. The highest BCUT2D eigenvalue weighted by Gasteiger charge is 2.18. The highest BCUT2D eigenvalue weighted by Crippen LogP contribution is 2.10. The lowest BCUT2D eigenvalue weighted by Gasteiger charge is -2.14. The van der Waals surface area contributed by atoms with E-state index >= 15 is 0 Å². The van der Waals surface area contributed by atoms with Gasteiger partial charge in [-0.1, -0.05) is 30.3 Å². The van der Waals surface area contributed by atoms with Crippen molar-refractivity contribution >= 4 is 5.91 Å². The minimum absolute atomic E-state index is 0.0529. The van der Waals surface area contributed by atoms with Gasteiger partial charge in [0.15, 0.2) is 0 Å². The van der Waals surface area contributed by atoms with E-state index in [0.717, 1.165) is 26.1 Å². The molecule has 0 aliphatic carbocycles. The van der Waals surface area contributed by atoms with Gasteiger partial charge < -0.3 is 15.8 Å². The van der Waals surface area contributed by atoms with Crippen molar-refractivity contribution < 1.29 is 9.53 Å². The summed E-state index contributed by atoms with van der Waals surface area (Å²) < 4.78 is 5.27. The number of hydrogen-bond donors (Lipinski definition) is 2. The van der Waals surface area contributed by atoms with Crippen molar-refractivity contribution in [1.82, 2.24) is 5.32 Å². The van der Waals surface area contributed by atoms with Crippen LogP contribution in [-0.4, -0.2) is 31.7 Å². The molecule has 1 aromatic rings. The van der Waals surface area contributed by atoms with Gasteiger partial charge in [-0.2, -0.15) is 0 Å². The number of aryl methyl sites for hydroxylation is 1. The fourth-order valence-corrected chi connectivity index (χ4v) is 2.22. The van der Waals surface area contributed by atoms with Crippen molar-refractivity contribution in [3.8, 4) is 0 Å². The van der Waals surface area contributed by atoms with Gasteiger partial charge in [0.25, 0.3) is 0 Å². The molecule has 19 heavy (non-hydrogen) atoms. The van der Waals surface area contributed by atoms with Crippen molar-refractivity contribution in [2.45, 2.75) is 25.3 Å². The topological polar surface area (TPSA) is 64.4 Å². The predicted molar refractivity (Wildman–Crippen MR) is 74.7 cm³/mol. The number of rotatable bonds is 6. The summed E-state index contributed by atoms with van der Waals surface area (Å²) in [5.41, 5.74) is 7.12. The van der Waals surface area contributed by atoms with Crippen LogP contribution < -0.4 is 11.1 Å². The first-order chi connectivity index (χ1) is 9.25. The molecule has 3 N–H and O–H groups in total. The Hall–Kier alpha value is -1.39. The van der Waals surface area contributed by atoms with Crippen molar-refractivity contribution in [3.63, 3.8) is 0 Å². The second-order valence-electron chi connectivity index (χ2n) is 5.11. The van der Waals surface area contributed by atoms with E-state index in [9.17, 15) is 4.79 Å². The van der Waals surface area contributed by atoms with Gasteiger partial charge >= 0.3 is 0 Å². The fourth-order valence-electron chi connectivity index (χ4n) is 2.22. The molecule has 1 saturated heterocycles. The number of nitrogens with one attached hydrogen (secondary N) is 1. The zero-order valence-electron chi connectivity index (χ0n) is 11.2. The molecule has 1 amide bonds. The third-order valence-corrected chi connectivity index (χ3v) is 3.51. The largest absolute Gasteiger partial charge is 0.381 e. The number of ether oxygens (including phenoxy) is 1. The van der Waals surface area contributed by atoms with Crippen LogP contribution in [0.3, 0.4) is 0 Å². The van der Waals surface area contributed by atoms with Gasteiger partial charge in [0.1, 0.15) is 0 Å². The number of carbonyl (C=O) groups excluding carboxylic acids is 1. The van der Waals surface area contributed by atoms with E-state index in [-0.39, 0.29) is 5.91 Å². The summed E-state index contributed by atoms with van der Waals surface area (Å²) in [6, 6.07) is 9.67. The maximum Gasteiger partial charge on any atom is 0.236 e. The highest BCUT2D eigenvalue weighted by atomic mass is 16.5. The first-order valence-electron chi connectivity index (χ1n) is 6.90. The third-order valence-electron chi connectivity index (χ3n) is 3.51. The zero-order chi connectivity index (χ0) is 13.5. The van der Waals surface area contributed by atoms with E-state index in [1.54, 1.807) is 0 Å². The second kappa shape index (κ2) is 7.26. The van der Waals surface area contributed by atoms with Crippen LogP contribution in [-0.2, 0) is 16.0 Å². The van der Waals surface area contributed by atoms with Crippen LogP contribution in [0.4, 0.5) is 0 Å². The molecule has 1 fully saturated rings. The van der Waals surface area contributed by atoms with Crippen molar-refractivity contribution in [1.29, 1.82) is 0 Å². The molecule has 0 saturated carbocycles. The Morgan fingerprint density at radius 1 is 1.42 bits per heavy atom. The third kappa shape index (κ3) is 4.65. The van der Waals surface area contributed by atoms with E-state index in [0.29, 0.717) is 18.9 Å². The molecule has 4 heteroatoms. The lowest BCUT2D eigenvalue weighted by Crippen LogP contribution is -2.42. The number of benzene rings is 1.